The van der Waals surface area contributed by atoms with Gasteiger partial charge < -0.3 is 10.6 Å². The molecular weight excluding hydrogens is 504 g/mol. The van der Waals surface area contributed by atoms with Crippen LogP contribution in [0.3, 0.4) is 0 Å². The summed E-state index contributed by atoms with van der Waals surface area (Å²) < 4.78 is 0. The molecule has 0 aliphatic heterocycles. The van der Waals surface area contributed by atoms with Gasteiger partial charge in [-0.05, 0) is 67.1 Å². The van der Waals surface area contributed by atoms with Crippen LogP contribution in [0.15, 0.2) is 91.0 Å². The molecule has 4 rings (SSSR count). The number of nitro groups is 2. The Labute approximate surface area is 221 Å². The highest BCUT2D eigenvalue weighted by Gasteiger charge is 2.15. The van der Waals surface area contributed by atoms with Gasteiger partial charge in [-0.3, -0.25) is 34.6 Å². The predicted octanol–water partition coefficient (Wildman–Crippen LogP) is 5.55. The third kappa shape index (κ3) is 6.17. The number of benzene rings is 4. The van der Waals surface area contributed by atoms with E-state index in [4.69, 9.17) is 0 Å². The van der Waals surface area contributed by atoms with Gasteiger partial charge in [0, 0.05) is 57.9 Å². The number of nitro benzene ring substituents is 2. The topological polar surface area (TPSA) is 162 Å². The lowest BCUT2D eigenvalue weighted by atomic mass is 10.0. The minimum atomic E-state index is -0.555. The molecule has 0 aliphatic rings. The molecule has 39 heavy (non-hydrogen) atoms. The Bertz CT molecular complexity index is 1600. The van der Waals surface area contributed by atoms with Crippen molar-refractivity contribution in [2.75, 3.05) is 10.6 Å². The average Bonchev–Trinajstić information content (AvgIpc) is 2.94. The van der Waals surface area contributed by atoms with Crippen molar-refractivity contribution >= 4 is 40.3 Å². The van der Waals surface area contributed by atoms with Gasteiger partial charge in [-0.15, -0.1) is 0 Å². The number of anilines is 2. The summed E-state index contributed by atoms with van der Waals surface area (Å²) in [6.07, 6.45) is 0. The van der Waals surface area contributed by atoms with E-state index in [-0.39, 0.29) is 28.3 Å². The van der Waals surface area contributed by atoms with Crippen molar-refractivity contribution in [1.82, 2.24) is 0 Å². The zero-order chi connectivity index (χ0) is 28.1. The van der Waals surface area contributed by atoms with Gasteiger partial charge in [0.25, 0.3) is 23.2 Å². The fourth-order valence-electron chi connectivity index (χ4n) is 3.64. The lowest BCUT2D eigenvalue weighted by Crippen LogP contribution is -2.14. The number of hydrogen-bond acceptors (Lipinski definition) is 7. The Morgan fingerprint density at radius 3 is 1.51 bits per heavy atom. The van der Waals surface area contributed by atoms with Gasteiger partial charge >= 0.3 is 0 Å². The summed E-state index contributed by atoms with van der Waals surface area (Å²) in [6, 6.07) is 21.4. The smallest absolute Gasteiger partial charge is 0.269 e. The average molecular weight is 524 g/mol. The summed E-state index contributed by atoms with van der Waals surface area (Å²) in [5.74, 6) is -1.25. The molecule has 11 nitrogen and oxygen atoms in total. The summed E-state index contributed by atoms with van der Waals surface area (Å²) in [5.41, 5.74) is 2.43. The number of nitrogens with zero attached hydrogens (tertiary/aromatic N) is 2. The van der Waals surface area contributed by atoms with Crippen LogP contribution >= 0.6 is 0 Å². The first kappa shape index (κ1) is 26.4. The van der Waals surface area contributed by atoms with Crippen LogP contribution in [0.5, 0.6) is 0 Å². The molecule has 2 N–H and O–H groups in total. The third-order valence-corrected chi connectivity index (χ3v) is 5.83. The first-order valence-corrected chi connectivity index (χ1v) is 11.5. The van der Waals surface area contributed by atoms with Crippen molar-refractivity contribution in [3.63, 3.8) is 0 Å². The molecular formula is C28H20N4O7. The fourth-order valence-corrected chi connectivity index (χ4v) is 3.64. The SMILES string of the molecule is Cc1ccc(C(=O)c2ccc(NC(=O)c3ccc([N+](=O)[O-])cc3)cc2)cc1NC(=O)c1ccc([N+](=O)[O-])cc1. The van der Waals surface area contributed by atoms with E-state index in [0.29, 0.717) is 28.1 Å². The van der Waals surface area contributed by atoms with Crippen molar-refractivity contribution in [3.05, 3.63) is 139 Å². The van der Waals surface area contributed by atoms with Crippen LogP contribution in [0.4, 0.5) is 22.7 Å². The standard InChI is InChI=1S/C28H20N4O7/c1-17-2-3-21(16-25(17)30-28(35)20-8-14-24(15-9-20)32(38)39)26(33)18-4-10-22(11-5-18)29-27(34)19-6-12-23(13-7-19)31(36)37/h2-16H,1H3,(H,29,34)(H,30,35). The highest BCUT2D eigenvalue weighted by Crippen LogP contribution is 2.22. The molecule has 194 valence electrons. The monoisotopic (exact) mass is 524 g/mol. The van der Waals surface area contributed by atoms with Crippen molar-refractivity contribution < 1.29 is 24.2 Å². The van der Waals surface area contributed by atoms with Gasteiger partial charge in [0.15, 0.2) is 5.78 Å². The summed E-state index contributed by atoms with van der Waals surface area (Å²) in [4.78, 5) is 58.7. The minimum Gasteiger partial charge on any atom is -0.322 e. The maximum Gasteiger partial charge on any atom is 0.269 e. The molecule has 4 aromatic carbocycles. The quantitative estimate of drug-likeness (QED) is 0.173. The van der Waals surface area contributed by atoms with Gasteiger partial charge in [-0.1, -0.05) is 12.1 Å². The normalized spacial score (nSPS) is 10.4. The number of rotatable bonds is 8. The molecule has 11 heteroatoms. The van der Waals surface area contributed by atoms with Crippen LogP contribution in [0.25, 0.3) is 0 Å². The van der Waals surface area contributed by atoms with Crippen molar-refractivity contribution in [3.8, 4) is 0 Å². The van der Waals surface area contributed by atoms with E-state index in [9.17, 15) is 34.6 Å². The lowest BCUT2D eigenvalue weighted by molar-refractivity contribution is -0.385. The summed E-state index contributed by atoms with van der Waals surface area (Å²) in [7, 11) is 0. The molecule has 0 saturated carbocycles. The summed E-state index contributed by atoms with van der Waals surface area (Å²) in [6.45, 7) is 1.77. The van der Waals surface area contributed by atoms with Gasteiger partial charge in [0.2, 0.25) is 0 Å². The maximum absolute atomic E-state index is 13.1. The van der Waals surface area contributed by atoms with Crippen LogP contribution in [0, 0.1) is 27.2 Å². The van der Waals surface area contributed by atoms with Crippen molar-refractivity contribution in [2.45, 2.75) is 6.92 Å². The van der Waals surface area contributed by atoms with E-state index < -0.39 is 21.7 Å². The molecule has 0 aliphatic carbocycles. The number of carbonyl (C=O) groups excluding carboxylic acids is 3. The third-order valence-electron chi connectivity index (χ3n) is 5.83. The zero-order valence-electron chi connectivity index (χ0n) is 20.4. The van der Waals surface area contributed by atoms with E-state index in [1.165, 1.54) is 48.5 Å². The number of nitrogens with one attached hydrogen (secondary N) is 2. The van der Waals surface area contributed by atoms with Gasteiger partial charge in [0.05, 0.1) is 9.85 Å². The molecule has 0 radical (unpaired) electrons. The zero-order valence-corrected chi connectivity index (χ0v) is 20.4. The number of non-ortho nitro benzene ring substituents is 2. The van der Waals surface area contributed by atoms with Crippen LogP contribution < -0.4 is 10.6 Å². The molecule has 0 aromatic heterocycles. The second kappa shape index (κ2) is 11.1. The Morgan fingerprint density at radius 2 is 1.03 bits per heavy atom. The van der Waals surface area contributed by atoms with Gasteiger partial charge in [-0.2, -0.15) is 0 Å². The Kier molecular flexibility index (Phi) is 7.52. The molecule has 0 unspecified atom stereocenters. The second-order valence-corrected chi connectivity index (χ2v) is 8.45. The fraction of sp³-hybridized carbons (Fsp3) is 0.0357. The van der Waals surface area contributed by atoms with Crippen LogP contribution in [0.1, 0.15) is 42.2 Å². The largest absolute Gasteiger partial charge is 0.322 e. The molecule has 0 spiro atoms. The van der Waals surface area contributed by atoms with Gasteiger partial charge in [-0.25, -0.2) is 0 Å². The van der Waals surface area contributed by atoms with E-state index in [2.05, 4.69) is 10.6 Å². The number of hydrogen-bond donors (Lipinski definition) is 2. The first-order valence-electron chi connectivity index (χ1n) is 11.5. The predicted molar refractivity (Wildman–Crippen MR) is 143 cm³/mol. The molecule has 0 saturated heterocycles. The number of amides is 2. The van der Waals surface area contributed by atoms with Crippen LogP contribution in [-0.4, -0.2) is 27.4 Å². The highest BCUT2D eigenvalue weighted by molar-refractivity contribution is 6.11. The van der Waals surface area contributed by atoms with Crippen molar-refractivity contribution in [2.24, 2.45) is 0 Å². The second-order valence-electron chi connectivity index (χ2n) is 8.45. The lowest BCUT2D eigenvalue weighted by Gasteiger charge is -2.11. The molecule has 0 bridgehead atoms. The Hall–Kier alpha value is -5.71. The van der Waals surface area contributed by atoms with E-state index in [1.807, 2.05) is 0 Å². The highest BCUT2D eigenvalue weighted by atomic mass is 16.6. The summed E-state index contributed by atoms with van der Waals surface area (Å²) in [5, 5.41) is 27.0. The molecule has 0 fully saturated rings. The molecule has 2 amide bonds. The van der Waals surface area contributed by atoms with Crippen molar-refractivity contribution in [1.29, 1.82) is 0 Å². The first-order chi connectivity index (χ1) is 18.6. The van der Waals surface area contributed by atoms with Crippen LogP contribution in [-0.2, 0) is 0 Å². The Morgan fingerprint density at radius 1 is 0.590 bits per heavy atom. The maximum atomic E-state index is 13.1. The number of ketones is 1. The summed E-state index contributed by atoms with van der Waals surface area (Å²) >= 11 is 0. The van der Waals surface area contributed by atoms with E-state index in [0.717, 1.165) is 0 Å². The minimum absolute atomic E-state index is 0.125. The van der Waals surface area contributed by atoms with Crippen LogP contribution in [0.2, 0.25) is 0 Å². The number of carbonyl (C=O) groups is 3. The van der Waals surface area contributed by atoms with E-state index >= 15 is 0 Å². The number of aryl methyl sites for hydroxylation is 1. The van der Waals surface area contributed by atoms with E-state index in [1.54, 1.807) is 49.4 Å². The molecule has 0 heterocycles. The molecule has 0 atom stereocenters. The molecule has 4 aromatic rings. The van der Waals surface area contributed by atoms with Gasteiger partial charge in [0.1, 0.15) is 0 Å². The Balaban J connectivity index is 1.44.